The third-order valence-corrected chi connectivity index (χ3v) is 7.67. The maximum atomic E-state index is 13.3. The quantitative estimate of drug-likeness (QED) is 0.460. The number of aryl methyl sites for hydroxylation is 1. The first-order chi connectivity index (χ1) is 14.3. The minimum absolute atomic E-state index is 0.00928. The van der Waals surface area contributed by atoms with Crippen LogP contribution in [-0.4, -0.2) is 30.3 Å². The van der Waals surface area contributed by atoms with Crippen molar-refractivity contribution >= 4 is 32.0 Å². The highest BCUT2D eigenvalue weighted by Crippen LogP contribution is 2.28. The van der Waals surface area contributed by atoms with Crippen LogP contribution >= 0.6 is 11.3 Å². The molecule has 0 saturated heterocycles. The van der Waals surface area contributed by atoms with Gasteiger partial charge in [-0.2, -0.15) is 0 Å². The highest BCUT2D eigenvalue weighted by Gasteiger charge is 2.30. The van der Waals surface area contributed by atoms with Gasteiger partial charge in [-0.15, -0.1) is 11.3 Å². The van der Waals surface area contributed by atoms with E-state index in [1.54, 1.807) is 40.9 Å². The number of rotatable bonds is 6. The van der Waals surface area contributed by atoms with E-state index in [0.717, 1.165) is 17.0 Å². The van der Waals surface area contributed by atoms with Crippen molar-refractivity contribution < 1.29 is 17.6 Å². The summed E-state index contributed by atoms with van der Waals surface area (Å²) in [6.07, 6.45) is 3.48. The topological polar surface area (TPSA) is 80.5 Å². The van der Waals surface area contributed by atoms with Crippen LogP contribution in [0.25, 0.3) is 4.96 Å². The van der Waals surface area contributed by atoms with Crippen LogP contribution in [0.4, 0.5) is 4.39 Å². The summed E-state index contributed by atoms with van der Waals surface area (Å²) in [5.74, 6) is -0.979. The molecule has 0 aliphatic heterocycles. The summed E-state index contributed by atoms with van der Waals surface area (Å²) in [4.78, 5) is 18.7. The number of carbonyl (C=O) groups excluding carboxylic acids is 1. The lowest BCUT2D eigenvalue weighted by Gasteiger charge is -2.19. The number of benzene rings is 2. The number of halogens is 1. The molecule has 0 bridgehead atoms. The van der Waals surface area contributed by atoms with Gasteiger partial charge in [0.15, 0.2) is 14.8 Å². The zero-order valence-electron chi connectivity index (χ0n) is 15.9. The zero-order valence-corrected chi connectivity index (χ0v) is 17.6. The van der Waals surface area contributed by atoms with Crippen LogP contribution in [0, 0.1) is 12.7 Å². The number of carbonyl (C=O) groups is 1. The summed E-state index contributed by atoms with van der Waals surface area (Å²) in [6, 6.07) is 13.3. The average molecular weight is 444 g/mol. The van der Waals surface area contributed by atoms with Gasteiger partial charge in [-0.1, -0.05) is 30.3 Å². The maximum absolute atomic E-state index is 13.3. The Morgan fingerprint density at radius 1 is 1.13 bits per heavy atom. The van der Waals surface area contributed by atoms with Gasteiger partial charge in [0.05, 0.1) is 4.90 Å². The van der Waals surface area contributed by atoms with Crippen molar-refractivity contribution in [1.29, 1.82) is 0 Å². The minimum Gasteiger partial charge on any atom is -0.349 e. The van der Waals surface area contributed by atoms with Gasteiger partial charge >= 0.3 is 0 Å². The largest absolute Gasteiger partial charge is 0.349 e. The summed E-state index contributed by atoms with van der Waals surface area (Å²) in [5, 5.41) is 1.66. The van der Waals surface area contributed by atoms with Crippen LogP contribution in [-0.2, 0) is 9.84 Å². The molecule has 1 atom stereocenters. The molecule has 0 aliphatic carbocycles. The Morgan fingerprint density at radius 3 is 2.50 bits per heavy atom. The molecule has 30 heavy (non-hydrogen) atoms. The van der Waals surface area contributed by atoms with E-state index in [4.69, 9.17) is 0 Å². The van der Waals surface area contributed by atoms with Crippen LogP contribution in [0.2, 0.25) is 0 Å². The van der Waals surface area contributed by atoms with Gasteiger partial charge in [0.2, 0.25) is 0 Å². The van der Waals surface area contributed by atoms with E-state index >= 15 is 0 Å². The summed E-state index contributed by atoms with van der Waals surface area (Å²) in [7, 11) is -3.87. The number of nitrogens with one attached hydrogen (secondary N) is 1. The first kappa shape index (κ1) is 20.2. The van der Waals surface area contributed by atoms with E-state index in [-0.39, 0.29) is 17.1 Å². The maximum Gasteiger partial charge on any atom is 0.271 e. The second kappa shape index (κ2) is 8.00. The lowest BCUT2D eigenvalue weighted by molar-refractivity contribution is 0.0949. The Balaban J connectivity index is 1.61. The molecular weight excluding hydrogens is 425 g/mol. The molecule has 0 spiro atoms. The SMILES string of the molecule is Cc1cn2cc(C(=O)NCC(c3ccccc3)S(=O)(=O)c3ccc(F)cc3)nc2s1. The lowest BCUT2D eigenvalue weighted by Crippen LogP contribution is -2.32. The summed E-state index contributed by atoms with van der Waals surface area (Å²) in [5.41, 5.74) is 0.746. The molecule has 6 nitrogen and oxygen atoms in total. The van der Waals surface area contributed by atoms with Gasteiger partial charge in [0.25, 0.3) is 5.91 Å². The van der Waals surface area contributed by atoms with Gasteiger partial charge in [0, 0.05) is 23.8 Å². The van der Waals surface area contributed by atoms with Gasteiger partial charge in [-0.05, 0) is 36.8 Å². The Bertz CT molecular complexity index is 1270. The molecule has 154 valence electrons. The van der Waals surface area contributed by atoms with E-state index < -0.39 is 26.8 Å². The van der Waals surface area contributed by atoms with Crippen LogP contribution in [0.3, 0.4) is 0 Å². The van der Waals surface area contributed by atoms with Crippen molar-refractivity contribution in [2.24, 2.45) is 0 Å². The molecule has 2 heterocycles. The van der Waals surface area contributed by atoms with E-state index in [1.165, 1.54) is 23.5 Å². The van der Waals surface area contributed by atoms with Crippen molar-refractivity contribution in [2.75, 3.05) is 6.54 Å². The molecule has 9 heteroatoms. The molecule has 1 N–H and O–H groups in total. The number of amides is 1. The highest BCUT2D eigenvalue weighted by atomic mass is 32.2. The summed E-state index contributed by atoms with van der Waals surface area (Å²) in [6.45, 7) is 1.80. The number of fused-ring (bicyclic) bond motifs is 1. The highest BCUT2D eigenvalue weighted by molar-refractivity contribution is 7.91. The molecule has 0 fully saturated rings. The summed E-state index contributed by atoms with van der Waals surface area (Å²) >= 11 is 1.46. The van der Waals surface area contributed by atoms with Crippen LogP contribution in [0.5, 0.6) is 0 Å². The molecule has 1 unspecified atom stereocenters. The third-order valence-electron chi connectivity index (χ3n) is 4.64. The zero-order chi connectivity index (χ0) is 21.3. The fourth-order valence-corrected chi connectivity index (χ4v) is 5.63. The minimum atomic E-state index is -3.87. The number of thiazole rings is 1. The number of sulfone groups is 1. The van der Waals surface area contributed by atoms with E-state index in [1.807, 2.05) is 13.1 Å². The molecule has 2 aromatic heterocycles. The molecule has 1 amide bonds. The molecule has 4 rings (SSSR count). The molecule has 0 saturated carbocycles. The monoisotopic (exact) mass is 443 g/mol. The lowest BCUT2D eigenvalue weighted by atomic mass is 10.1. The van der Waals surface area contributed by atoms with Gasteiger partial charge in [-0.3, -0.25) is 9.20 Å². The van der Waals surface area contributed by atoms with E-state index in [9.17, 15) is 17.6 Å². The Labute approximate surface area is 176 Å². The normalized spacial score (nSPS) is 12.7. The number of hydrogen-bond donors (Lipinski definition) is 1. The molecule has 0 radical (unpaired) electrons. The van der Waals surface area contributed by atoms with Crippen molar-refractivity contribution in [2.45, 2.75) is 17.1 Å². The van der Waals surface area contributed by atoms with Gasteiger partial charge < -0.3 is 5.32 Å². The standard InChI is InChI=1S/C21H18FN3O3S2/c1-14-12-25-13-18(24-21(25)29-14)20(26)23-11-19(15-5-3-2-4-6-15)30(27,28)17-9-7-16(22)8-10-17/h2-10,12-13,19H,11H2,1H3,(H,23,26). The molecule has 2 aromatic carbocycles. The van der Waals surface area contributed by atoms with Crippen molar-refractivity contribution in [1.82, 2.24) is 14.7 Å². The van der Waals surface area contributed by atoms with Gasteiger partial charge in [0.1, 0.15) is 16.8 Å². The average Bonchev–Trinajstić information content (AvgIpc) is 3.26. The smallest absolute Gasteiger partial charge is 0.271 e. The predicted molar refractivity (Wildman–Crippen MR) is 113 cm³/mol. The van der Waals surface area contributed by atoms with Crippen molar-refractivity contribution in [3.8, 4) is 0 Å². The van der Waals surface area contributed by atoms with Crippen LogP contribution in [0.15, 0.2) is 71.9 Å². The molecular formula is C21H18FN3O3S2. The van der Waals surface area contributed by atoms with Crippen molar-refractivity contribution in [3.63, 3.8) is 0 Å². The molecule has 0 aliphatic rings. The first-order valence-electron chi connectivity index (χ1n) is 9.12. The Morgan fingerprint density at radius 2 is 1.83 bits per heavy atom. The second-order valence-corrected chi connectivity index (χ2v) is 10.1. The summed E-state index contributed by atoms with van der Waals surface area (Å²) < 4.78 is 41.5. The number of hydrogen-bond acceptors (Lipinski definition) is 5. The van der Waals surface area contributed by atoms with Crippen LogP contribution < -0.4 is 5.32 Å². The Hall–Kier alpha value is -3.04. The second-order valence-electron chi connectivity index (χ2n) is 6.77. The van der Waals surface area contributed by atoms with Crippen LogP contribution in [0.1, 0.15) is 26.2 Å². The van der Waals surface area contributed by atoms with E-state index in [2.05, 4.69) is 10.3 Å². The predicted octanol–water partition coefficient (Wildman–Crippen LogP) is 3.79. The number of imidazole rings is 1. The fraction of sp³-hybridized carbons (Fsp3) is 0.143. The van der Waals surface area contributed by atoms with E-state index in [0.29, 0.717) is 10.5 Å². The Kier molecular flexibility index (Phi) is 5.40. The van der Waals surface area contributed by atoms with Gasteiger partial charge in [-0.25, -0.2) is 17.8 Å². The number of nitrogens with zero attached hydrogens (tertiary/aromatic N) is 2. The molecule has 4 aromatic rings. The first-order valence-corrected chi connectivity index (χ1v) is 11.5. The van der Waals surface area contributed by atoms with Crippen molar-refractivity contribution in [3.05, 3.63) is 88.9 Å². The number of aromatic nitrogens is 2. The third kappa shape index (κ3) is 3.99. The fourth-order valence-electron chi connectivity index (χ4n) is 3.16.